The summed E-state index contributed by atoms with van der Waals surface area (Å²) in [5, 5.41) is 5.09. The van der Waals surface area contributed by atoms with Gasteiger partial charge in [-0.25, -0.2) is 17.5 Å². The van der Waals surface area contributed by atoms with Crippen LogP contribution in [0.1, 0.15) is 57.2 Å². The molecule has 1 aliphatic rings. The molecule has 1 aromatic heterocycles. The smallest absolute Gasteiger partial charge is 0.240 e. The molecule has 0 radical (unpaired) electrons. The number of sulfonamides is 1. The molecule has 0 saturated carbocycles. The van der Waals surface area contributed by atoms with Crippen LogP contribution in [0.3, 0.4) is 0 Å². The van der Waals surface area contributed by atoms with E-state index < -0.39 is 10.0 Å². The average Bonchev–Trinajstić information content (AvgIpc) is 3.19. The normalized spacial score (nSPS) is 16.5. The summed E-state index contributed by atoms with van der Waals surface area (Å²) in [6, 6.07) is 11.7. The molecule has 4 rings (SSSR count). The second-order valence-corrected chi connectivity index (χ2v) is 11.6. The van der Waals surface area contributed by atoms with Crippen molar-refractivity contribution in [3.8, 4) is 0 Å². The number of piperidine rings is 1. The summed E-state index contributed by atoms with van der Waals surface area (Å²) >= 11 is 0. The first kappa shape index (κ1) is 23.9. The quantitative estimate of drug-likeness (QED) is 0.498. The molecule has 1 aliphatic heterocycles. The highest BCUT2D eigenvalue weighted by Gasteiger charge is 2.25. The highest BCUT2D eigenvalue weighted by Crippen LogP contribution is 2.32. The van der Waals surface area contributed by atoms with E-state index in [1.165, 1.54) is 12.1 Å². The van der Waals surface area contributed by atoms with E-state index in [9.17, 15) is 12.8 Å². The summed E-state index contributed by atoms with van der Waals surface area (Å²) in [5.41, 5.74) is 2.50. The number of hydrogen-bond acceptors (Lipinski definition) is 5. The summed E-state index contributed by atoms with van der Waals surface area (Å²) < 4.78 is 46.6. The van der Waals surface area contributed by atoms with Crippen LogP contribution < -0.4 is 4.72 Å². The third-order valence-corrected chi connectivity index (χ3v) is 7.89. The Bertz CT molecular complexity index is 1190. The highest BCUT2D eigenvalue weighted by atomic mass is 32.2. The van der Waals surface area contributed by atoms with Gasteiger partial charge in [0.15, 0.2) is 5.58 Å². The molecule has 3 aromatic rings. The van der Waals surface area contributed by atoms with E-state index in [0.717, 1.165) is 55.5 Å². The Morgan fingerprint density at radius 1 is 1.12 bits per heavy atom. The molecule has 0 amide bonds. The lowest BCUT2D eigenvalue weighted by atomic mass is 9.87. The summed E-state index contributed by atoms with van der Waals surface area (Å²) in [5.74, 6) is -0.0277. The van der Waals surface area contributed by atoms with Gasteiger partial charge in [-0.15, -0.1) is 0 Å². The third kappa shape index (κ3) is 5.62. The van der Waals surface area contributed by atoms with Gasteiger partial charge in [-0.05, 0) is 74.1 Å². The number of halogens is 1. The predicted molar refractivity (Wildman–Crippen MR) is 127 cm³/mol. The molecule has 8 heteroatoms. The topological polar surface area (TPSA) is 75.4 Å². The van der Waals surface area contributed by atoms with Gasteiger partial charge < -0.3 is 9.42 Å². The van der Waals surface area contributed by atoms with Crippen molar-refractivity contribution in [1.29, 1.82) is 0 Å². The summed E-state index contributed by atoms with van der Waals surface area (Å²) in [7, 11) is -3.50. The lowest BCUT2D eigenvalue weighted by molar-refractivity contribution is 0.208. The molecule has 2 heterocycles. The number of aromatic nitrogens is 1. The zero-order chi connectivity index (χ0) is 23.6. The fraction of sp³-hybridized carbons (Fsp3) is 0.480. The molecule has 0 bridgehead atoms. The SMILES string of the molecule is CC(C)(C)c1ccc(S(=O)(=O)NCCCN2CCC(c3noc4cc(F)ccc34)CC2)cc1. The van der Waals surface area contributed by atoms with Crippen LogP contribution in [0.5, 0.6) is 0 Å². The average molecular weight is 474 g/mol. The maximum absolute atomic E-state index is 13.4. The van der Waals surface area contributed by atoms with Gasteiger partial charge in [0.25, 0.3) is 0 Å². The van der Waals surface area contributed by atoms with Crippen LogP contribution in [0.4, 0.5) is 4.39 Å². The van der Waals surface area contributed by atoms with Crippen molar-refractivity contribution in [3.63, 3.8) is 0 Å². The first-order valence-electron chi connectivity index (χ1n) is 11.5. The van der Waals surface area contributed by atoms with Crippen LogP contribution in [0, 0.1) is 5.82 Å². The van der Waals surface area contributed by atoms with Gasteiger partial charge in [-0.3, -0.25) is 0 Å². The van der Waals surface area contributed by atoms with Crippen LogP contribution in [0.25, 0.3) is 11.0 Å². The van der Waals surface area contributed by atoms with Gasteiger partial charge >= 0.3 is 0 Å². The molecule has 33 heavy (non-hydrogen) atoms. The van der Waals surface area contributed by atoms with Gasteiger partial charge in [0.2, 0.25) is 10.0 Å². The maximum atomic E-state index is 13.4. The minimum atomic E-state index is -3.50. The largest absolute Gasteiger partial charge is 0.356 e. The molecular weight excluding hydrogens is 441 g/mol. The molecule has 0 spiro atoms. The van der Waals surface area contributed by atoms with Crippen molar-refractivity contribution >= 4 is 21.0 Å². The van der Waals surface area contributed by atoms with E-state index >= 15 is 0 Å². The summed E-state index contributed by atoms with van der Waals surface area (Å²) in [6.45, 7) is 9.39. The van der Waals surface area contributed by atoms with Crippen LogP contribution in [-0.2, 0) is 15.4 Å². The number of rotatable bonds is 7. The second-order valence-electron chi connectivity index (χ2n) is 9.85. The Balaban J connectivity index is 1.23. The van der Waals surface area contributed by atoms with Crippen LogP contribution in [0.15, 0.2) is 51.9 Å². The third-order valence-electron chi connectivity index (χ3n) is 6.41. The molecule has 6 nitrogen and oxygen atoms in total. The van der Waals surface area contributed by atoms with Gasteiger partial charge in [0.1, 0.15) is 5.82 Å². The second kappa shape index (κ2) is 9.52. The van der Waals surface area contributed by atoms with Gasteiger partial charge in [0.05, 0.1) is 10.6 Å². The molecule has 2 aromatic carbocycles. The van der Waals surface area contributed by atoms with Crippen molar-refractivity contribution in [2.24, 2.45) is 0 Å². The highest BCUT2D eigenvalue weighted by molar-refractivity contribution is 7.89. The number of nitrogens with one attached hydrogen (secondary N) is 1. The van der Waals surface area contributed by atoms with Gasteiger partial charge in [0, 0.05) is 23.9 Å². The minimum Gasteiger partial charge on any atom is -0.356 e. The zero-order valence-corrected chi connectivity index (χ0v) is 20.3. The van der Waals surface area contributed by atoms with E-state index in [4.69, 9.17) is 4.52 Å². The monoisotopic (exact) mass is 473 g/mol. The van der Waals surface area contributed by atoms with E-state index in [2.05, 4.69) is 35.5 Å². The predicted octanol–water partition coefficient (Wildman–Crippen LogP) is 4.81. The van der Waals surface area contributed by atoms with Crippen LogP contribution in [-0.4, -0.2) is 44.7 Å². The van der Waals surface area contributed by atoms with E-state index in [0.29, 0.717) is 22.9 Å². The Morgan fingerprint density at radius 2 is 1.82 bits per heavy atom. The minimum absolute atomic E-state index is 0.0120. The standard InChI is InChI=1S/C25H32FN3O3S/c1-25(2,3)19-5-8-21(9-6-19)33(30,31)27-13-4-14-29-15-11-18(12-16-29)24-22-10-7-20(26)17-23(22)32-28-24/h5-10,17-18,27H,4,11-16H2,1-3H3. The molecule has 1 fully saturated rings. The molecular formula is C25H32FN3O3S. The summed E-state index contributed by atoms with van der Waals surface area (Å²) in [4.78, 5) is 2.65. The fourth-order valence-corrected chi connectivity index (χ4v) is 5.46. The summed E-state index contributed by atoms with van der Waals surface area (Å²) in [6.07, 6.45) is 2.64. The number of likely N-dealkylation sites (tertiary alicyclic amines) is 1. The molecule has 0 unspecified atom stereocenters. The van der Waals surface area contributed by atoms with Crippen molar-refractivity contribution in [2.75, 3.05) is 26.2 Å². The molecule has 0 aliphatic carbocycles. The lowest BCUT2D eigenvalue weighted by Gasteiger charge is -2.31. The van der Waals surface area contributed by atoms with Crippen LogP contribution >= 0.6 is 0 Å². The zero-order valence-electron chi connectivity index (χ0n) is 19.5. The van der Waals surface area contributed by atoms with Crippen molar-refractivity contribution in [3.05, 3.63) is 59.5 Å². The Labute approximate surface area is 195 Å². The van der Waals surface area contributed by atoms with Gasteiger partial charge in [-0.1, -0.05) is 38.1 Å². The first-order chi connectivity index (χ1) is 15.6. The molecule has 0 atom stereocenters. The van der Waals surface area contributed by atoms with Crippen molar-refractivity contribution < 1.29 is 17.3 Å². The van der Waals surface area contributed by atoms with E-state index in [1.807, 2.05) is 12.1 Å². The molecule has 1 N–H and O–H groups in total. The number of benzene rings is 2. The Kier molecular flexibility index (Phi) is 6.88. The lowest BCUT2D eigenvalue weighted by Crippen LogP contribution is -2.35. The first-order valence-corrected chi connectivity index (χ1v) is 13.0. The van der Waals surface area contributed by atoms with Crippen molar-refractivity contribution in [2.45, 2.75) is 56.3 Å². The maximum Gasteiger partial charge on any atom is 0.240 e. The van der Waals surface area contributed by atoms with Gasteiger partial charge in [-0.2, -0.15) is 0 Å². The number of hydrogen-bond donors (Lipinski definition) is 1. The van der Waals surface area contributed by atoms with E-state index in [-0.39, 0.29) is 11.2 Å². The van der Waals surface area contributed by atoms with E-state index in [1.54, 1.807) is 18.2 Å². The molecule has 178 valence electrons. The Morgan fingerprint density at radius 3 is 2.48 bits per heavy atom. The van der Waals surface area contributed by atoms with Crippen molar-refractivity contribution in [1.82, 2.24) is 14.8 Å². The number of fused-ring (bicyclic) bond motifs is 1. The fourth-order valence-electron chi connectivity index (χ4n) is 4.38. The molecule has 1 saturated heterocycles. The number of nitrogens with zero attached hydrogens (tertiary/aromatic N) is 2. The Hall–Kier alpha value is -2.29. The van der Waals surface area contributed by atoms with Crippen LogP contribution in [0.2, 0.25) is 0 Å².